The molecule has 0 bridgehead atoms. The molecule has 1 aliphatic heterocycles. The van der Waals surface area contributed by atoms with E-state index in [1.807, 2.05) is 79.0 Å². The lowest BCUT2D eigenvalue weighted by Gasteiger charge is -2.19. The van der Waals surface area contributed by atoms with E-state index in [-0.39, 0.29) is 11.6 Å². The number of methoxy groups -OCH3 is 3. The number of ether oxygens (including phenoxy) is 4. The van der Waals surface area contributed by atoms with Crippen LogP contribution in [0.15, 0.2) is 120 Å². The number of nitrogens with zero attached hydrogens (tertiary/aromatic N) is 5. The molecular weight excluding hydrogens is 749 g/mol. The van der Waals surface area contributed by atoms with Crippen molar-refractivity contribution in [1.29, 1.82) is 0 Å². The Bertz CT molecular complexity index is 2410. The number of benzene rings is 4. The van der Waals surface area contributed by atoms with Gasteiger partial charge in [0.05, 0.1) is 49.4 Å². The van der Waals surface area contributed by atoms with Gasteiger partial charge >= 0.3 is 0 Å². The van der Waals surface area contributed by atoms with E-state index in [1.165, 1.54) is 31.8 Å². The van der Waals surface area contributed by atoms with Crippen LogP contribution in [-0.2, 0) is 17.6 Å². The molecule has 0 atom stereocenters. The zero-order chi connectivity index (χ0) is 39.2. The van der Waals surface area contributed by atoms with Crippen LogP contribution in [-0.4, -0.2) is 54.6 Å². The van der Waals surface area contributed by atoms with Crippen LogP contribution in [0.5, 0.6) is 23.0 Å². The molecule has 1 amide bonds. The Morgan fingerprint density at radius 1 is 0.732 bits per heavy atom. The Morgan fingerprint density at radius 3 is 2.05 bits per heavy atom. The van der Waals surface area contributed by atoms with E-state index in [1.54, 1.807) is 30.3 Å². The predicted octanol–water partition coefficient (Wildman–Crippen LogP) is 9.56. The minimum atomic E-state index is -0.433. The number of hydrogen-bond donors (Lipinski definition) is 0. The van der Waals surface area contributed by atoms with Crippen LogP contribution in [0.1, 0.15) is 29.3 Å². The molecule has 0 unspecified atom stereocenters. The average Bonchev–Trinajstić information content (AvgIpc) is 3.56. The molecule has 7 rings (SSSR count). The lowest BCUT2D eigenvalue weighted by molar-refractivity contribution is -0.113. The molecule has 6 aromatic rings. The molecule has 3 heterocycles. The van der Waals surface area contributed by atoms with Crippen molar-refractivity contribution in [3.05, 3.63) is 147 Å². The van der Waals surface area contributed by atoms with Crippen LogP contribution in [0.2, 0.25) is 10.0 Å². The molecule has 56 heavy (non-hydrogen) atoms. The second-order valence-corrected chi connectivity index (χ2v) is 13.4. The normalized spacial score (nSPS) is 13.2. The lowest BCUT2D eigenvalue weighted by Crippen LogP contribution is -2.34. The number of amidine groups is 1. The Kier molecular flexibility index (Phi) is 11.6. The molecule has 1 aliphatic rings. The summed E-state index contributed by atoms with van der Waals surface area (Å²) in [7, 11) is 4.59. The van der Waals surface area contributed by atoms with Gasteiger partial charge in [0.1, 0.15) is 11.4 Å². The summed E-state index contributed by atoms with van der Waals surface area (Å²) in [5.41, 5.74) is 6.17. The molecule has 0 N–H and O–H groups in total. The van der Waals surface area contributed by atoms with E-state index in [9.17, 15) is 4.79 Å². The minimum Gasteiger partial charge on any atom is -0.493 e. The van der Waals surface area contributed by atoms with E-state index < -0.39 is 5.91 Å². The van der Waals surface area contributed by atoms with Crippen molar-refractivity contribution in [2.24, 2.45) is 4.99 Å². The molecule has 0 spiro atoms. The molecule has 10 nitrogen and oxygen atoms in total. The lowest BCUT2D eigenvalue weighted by atomic mass is 10.1. The Hall–Kier alpha value is -6.23. The second kappa shape index (κ2) is 17.1. The van der Waals surface area contributed by atoms with Crippen LogP contribution in [0, 0.1) is 0 Å². The third-order valence-electron chi connectivity index (χ3n) is 9.08. The zero-order valence-corrected chi connectivity index (χ0v) is 32.6. The van der Waals surface area contributed by atoms with Crippen LogP contribution >= 0.6 is 23.2 Å². The van der Waals surface area contributed by atoms with Gasteiger partial charge in [-0.1, -0.05) is 72.6 Å². The number of amides is 1. The van der Waals surface area contributed by atoms with Gasteiger partial charge in [0.2, 0.25) is 11.7 Å². The van der Waals surface area contributed by atoms with E-state index >= 15 is 0 Å². The summed E-state index contributed by atoms with van der Waals surface area (Å²) in [6.07, 6.45) is 5.20. The zero-order valence-electron chi connectivity index (χ0n) is 31.1. The fraction of sp³-hybridized carbons (Fsp3) is 0.159. The molecular formula is C44H37Cl2N5O5. The summed E-state index contributed by atoms with van der Waals surface area (Å²) in [5, 5.41) is 0.771. The maximum absolute atomic E-state index is 14.5. The molecule has 2 aromatic heterocycles. The molecule has 12 heteroatoms. The SMILES string of the molecule is CCc1ccc(CCOc2ccc(-c3cc(-c4ccc(Cl)c(Cl)c4)nc(N4C(=O)/C(=C/c5cc(OC)c(OC)c(OC)c5)N=C4c4ccccc4)n3)cc2)nc1. The monoisotopic (exact) mass is 785 g/mol. The van der Waals surface area contributed by atoms with Gasteiger partial charge in [-0.2, -0.15) is 0 Å². The number of rotatable bonds is 13. The summed E-state index contributed by atoms with van der Waals surface area (Å²) < 4.78 is 22.7. The molecule has 0 fully saturated rings. The first-order chi connectivity index (χ1) is 27.3. The standard InChI is InChI=1S/C44H37Cl2N5O5/c1-5-27-11-15-32(47-26-27)19-20-56-33-16-12-29(13-17-33)36-25-37(31-14-18-34(45)35(46)24-31)50-44(49-36)51-42(30-9-7-6-8-10-30)48-38(43(51)52)21-28-22-39(53-2)41(55-4)40(23-28)54-3/h6-18,21-26H,5,19-20H2,1-4H3/b38-21-. The van der Waals surface area contributed by atoms with E-state index in [0.717, 1.165) is 17.7 Å². The van der Waals surface area contributed by atoms with Crippen molar-refractivity contribution in [1.82, 2.24) is 15.0 Å². The Balaban J connectivity index is 1.27. The first kappa shape index (κ1) is 38.1. The van der Waals surface area contributed by atoms with Crippen LogP contribution < -0.4 is 23.8 Å². The number of carbonyl (C=O) groups is 1. The highest BCUT2D eigenvalue weighted by atomic mass is 35.5. The molecule has 0 saturated heterocycles. The van der Waals surface area contributed by atoms with Gasteiger partial charge < -0.3 is 18.9 Å². The van der Waals surface area contributed by atoms with Crippen molar-refractivity contribution < 1.29 is 23.7 Å². The Labute approximate surface area is 335 Å². The van der Waals surface area contributed by atoms with Gasteiger partial charge in [0, 0.05) is 35.0 Å². The van der Waals surface area contributed by atoms with Gasteiger partial charge in [-0.05, 0) is 84.3 Å². The first-order valence-electron chi connectivity index (χ1n) is 17.8. The summed E-state index contributed by atoms with van der Waals surface area (Å²) in [6, 6.07) is 31.7. The van der Waals surface area contributed by atoms with Crippen molar-refractivity contribution in [2.45, 2.75) is 19.8 Å². The topological polar surface area (TPSA) is 108 Å². The van der Waals surface area contributed by atoms with Crippen molar-refractivity contribution >= 4 is 47.0 Å². The number of pyridine rings is 1. The number of aromatic nitrogens is 3. The number of aryl methyl sites for hydroxylation is 1. The maximum Gasteiger partial charge on any atom is 0.285 e. The van der Waals surface area contributed by atoms with Gasteiger partial charge in [-0.25, -0.2) is 19.9 Å². The average molecular weight is 787 g/mol. The molecule has 0 radical (unpaired) electrons. The molecule has 4 aromatic carbocycles. The summed E-state index contributed by atoms with van der Waals surface area (Å²) >= 11 is 12.8. The third-order valence-corrected chi connectivity index (χ3v) is 9.82. The van der Waals surface area contributed by atoms with Crippen molar-refractivity contribution in [3.63, 3.8) is 0 Å². The number of hydrogen-bond acceptors (Lipinski definition) is 9. The fourth-order valence-electron chi connectivity index (χ4n) is 6.12. The second-order valence-electron chi connectivity index (χ2n) is 12.6. The number of carbonyl (C=O) groups excluding carboxylic acids is 1. The highest BCUT2D eigenvalue weighted by Gasteiger charge is 2.35. The maximum atomic E-state index is 14.5. The Morgan fingerprint density at radius 2 is 1.43 bits per heavy atom. The quantitative estimate of drug-likeness (QED) is 0.107. The first-order valence-corrected chi connectivity index (χ1v) is 18.6. The number of anilines is 1. The van der Waals surface area contributed by atoms with Crippen LogP contribution in [0.3, 0.4) is 0 Å². The largest absolute Gasteiger partial charge is 0.493 e. The van der Waals surface area contributed by atoms with Crippen molar-refractivity contribution in [3.8, 4) is 45.5 Å². The van der Waals surface area contributed by atoms with Gasteiger partial charge in [0.25, 0.3) is 5.91 Å². The van der Waals surface area contributed by atoms with Gasteiger partial charge in [0.15, 0.2) is 17.3 Å². The van der Waals surface area contributed by atoms with E-state index in [0.29, 0.717) is 80.0 Å². The summed E-state index contributed by atoms with van der Waals surface area (Å²) in [5.74, 6) is 2.04. The molecule has 282 valence electrons. The van der Waals surface area contributed by atoms with E-state index in [2.05, 4.69) is 18.0 Å². The van der Waals surface area contributed by atoms with Crippen molar-refractivity contribution in [2.75, 3.05) is 32.8 Å². The molecule has 0 aliphatic carbocycles. The number of halogens is 2. The fourth-order valence-corrected chi connectivity index (χ4v) is 6.42. The highest BCUT2D eigenvalue weighted by Crippen LogP contribution is 2.40. The summed E-state index contributed by atoms with van der Waals surface area (Å²) in [4.78, 5) is 35.2. The smallest absolute Gasteiger partial charge is 0.285 e. The van der Waals surface area contributed by atoms with Crippen LogP contribution in [0.25, 0.3) is 28.6 Å². The summed E-state index contributed by atoms with van der Waals surface area (Å²) in [6.45, 7) is 2.58. The van der Waals surface area contributed by atoms with Gasteiger partial charge in [-0.3, -0.25) is 9.78 Å². The van der Waals surface area contributed by atoms with Gasteiger partial charge in [-0.15, -0.1) is 0 Å². The third kappa shape index (κ3) is 8.22. The number of aliphatic imine (C=N–C) groups is 1. The highest BCUT2D eigenvalue weighted by molar-refractivity contribution is 6.42. The predicted molar refractivity (Wildman–Crippen MR) is 220 cm³/mol. The minimum absolute atomic E-state index is 0.117. The van der Waals surface area contributed by atoms with E-state index in [4.69, 9.17) is 57.1 Å². The van der Waals surface area contributed by atoms with Crippen LogP contribution in [0.4, 0.5) is 5.95 Å². The molecule has 0 saturated carbocycles.